The highest BCUT2D eigenvalue weighted by Gasteiger charge is 2.36. The van der Waals surface area contributed by atoms with Gasteiger partial charge >= 0.3 is 0 Å². The number of nitrogens with two attached hydrogens (primary N) is 1. The summed E-state index contributed by atoms with van der Waals surface area (Å²) in [7, 11) is -3.88. The fraction of sp³-hybridized carbons (Fsp3) is 0.417. The van der Waals surface area contributed by atoms with Crippen LogP contribution in [0.4, 0.5) is 5.69 Å². The lowest BCUT2D eigenvalue weighted by Gasteiger charge is -2.42. The third-order valence-electron chi connectivity index (χ3n) is 6.45. The summed E-state index contributed by atoms with van der Waals surface area (Å²) in [5.41, 5.74) is 1.51. The van der Waals surface area contributed by atoms with Gasteiger partial charge in [-0.2, -0.15) is 0 Å². The zero-order chi connectivity index (χ0) is 23.6. The summed E-state index contributed by atoms with van der Waals surface area (Å²) in [6.07, 6.45) is 3.65. The Bertz CT molecular complexity index is 1120. The van der Waals surface area contributed by atoms with Crippen molar-refractivity contribution >= 4 is 27.3 Å². The van der Waals surface area contributed by atoms with Crippen LogP contribution in [0.1, 0.15) is 24.8 Å². The molecule has 4 rings (SSSR count). The van der Waals surface area contributed by atoms with E-state index in [-0.39, 0.29) is 23.3 Å². The van der Waals surface area contributed by atoms with Crippen LogP contribution in [0, 0.1) is 11.8 Å². The molecule has 1 saturated carbocycles. The van der Waals surface area contributed by atoms with Crippen molar-refractivity contribution in [2.75, 3.05) is 24.6 Å². The lowest BCUT2D eigenvalue weighted by Crippen LogP contribution is -2.43. The summed E-state index contributed by atoms with van der Waals surface area (Å²) in [6.45, 7) is 5.70. The first-order valence-corrected chi connectivity index (χ1v) is 12.9. The third kappa shape index (κ3) is 5.46. The highest BCUT2D eigenvalue weighted by Crippen LogP contribution is 2.41. The number of halogens is 1. The molecule has 3 N–H and O–H groups in total. The molecule has 2 aromatic rings. The molecule has 0 aromatic heterocycles. The second-order valence-corrected chi connectivity index (χ2v) is 10.6. The Morgan fingerprint density at radius 2 is 2.03 bits per heavy atom. The number of hydrogen-bond acceptors (Lipinski definition) is 6. The zero-order valence-corrected chi connectivity index (χ0v) is 19.9. The number of nitrogens with zero attached hydrogens (tertiary/aromatic N) is 1. The molecule has 0 saturated heterocycles. The van der Waals surface area contributed by atoms with Gasteiger partial charge in [0.05, 0.1) is 23.3 Å². The molecule has 2 aliphatic rings. The van der Waals surface area contributed by atoms with E-state index in [4.69, 9.17) is 26.2 Å². The van der Waals surface area contributed by atoms with Crippen LogP contribution in [-0.4, -0.2) is 39.3 Å². The van der Waals surface area contributed by atoms with E-state index in [2.05, 4.69) is 11.5 Å². The second-order valence-electron chi connectivity index (χ2n) is 8.59. The molecule has 1 aliphatic carbocycles. The smallest absolute Gasteiger partial charge is 0.238 e. The highest BCUT2D eigenvalue weighted by molar-refractivity contribution is 7.89. The molecule has 0 spiro atoms. The fourth-order valence-electron chi connectivity index (χ4n) is 4.46. The molecule has 2 aromatic carbocycles. The van der Waals surface area contributed by atoms with Crippen molar-refractivity contribution in [3.63, 3.8) is 0 Å². The lowest BCUT2D eigenvalue weighted by molar-refractivity contribution is 0.0464. The van der Waals surface area contributed by atoms with Crippen LogP contribution in [-0.2, 0) is 16.6 Å². The Morgan fingerprint density at radius 1 is 1.21 bits per heavy atom. The van der Waals surface area contributed by atoms with Gasteiger partial charge in [0, 0.05) is 23.7 Å². The fourth-order valence-corrected chi connectivity index (χ4v) is 5.15. The normalized spacial score (nSPS) is 21.8. The van der Waals surface area contributed by atoms with E-state index in [1.807, 2.05) is 6.07 Å². The van der Waals surface area contributed by atoms with E-state index in [1.54, 1.807) is 30.3 Å². The van der Waals surface area contributed by atoms with Gasteiger partial charge in [-0.25, -0.2) is 13.6 Å². The number of sulfonamides is 1. The maximum absolute atomic E-state index is 12.1. The van der Waals surface area contributed by atoms with E-state index >= 15 is 0 Å². The number of fused-ring (bicyclic) bond motifs is 2. The number of rotatable bonds is 5. The summed E-state index contributed by atoms with van der Waals surface area (Å²) < 4.78 is 36.3. The molecule has 33 heavy (non-hydrogen) atoms. The Labute approximate surface area is 199 Å². The van der Waals surface area contributed by atoms with Crippen LogP contribution in [0.15, 0.2) is 53.9 Å². The van der Waals surface area contributed by atoms with Gasteiger partial charge in [-0.15, -0.1) is 6.58 Å². The van der Waals surface area contributed by atoms with Crippen molar-refractivity contribution in [1.29, 1.82) is 0 Å². The number of aliphatic hydroxyl groups excluding tert-OH is 1. The van der Waals surface area contributed by atoms with Crippen LogP contribution in [0.3, 0.4) is 0 Å². The first-order chi connectivity index (χ1) is 15.8. The van der Waals surface area contributed by atoms with E-state index in [9.17, 15) is 13.5 Å². The summed E-state index contributed by atoms with van der Waals surface area (Å²) in [4.78, 5) is 2.15. The molecular formula is C24H29ClN2O5S. The largest absolute Gasteiger partial charge is 0.493 e. The Kier molecular flexibility index (Phi) is 7.19. The van der Waals surface area contributed by atoms with Crippen molar-refractivity contribution in [3.8, 4) is 11.5 Å². The molecule has 1 heterocycles. The van der Waals surface area contributed by atoms with Gasteiger partial charge < -0.3 is 19.5 Å². The molecule has 178 valence electrons. The van der Waals surface area contributed by atoms with E-state index in [1.165, 1.54) is 6.07 Å². The first kappa shape index (κ1) is 23.9. The van der Waals surface area contributed by atoms with Crippen molar-refractivity contribution < 1.29 is 23.0 Å². The summed E-state index contributed by atoms with van der Waals surface area (Å²) in [5, 5.41) is 16.3. The number of hydrogen-bond donors (Lipinski definition) is 2. The van der Waals surface area contributed by atoms with Crippen LogP contribution < -0.4 is 19.5 Å². The number of aliphatic hydroxyl groups is 1. The van der Waals surface area contributed by atoms with E-state index in [0.717, 1.165) is 18.4 Å². The minimum absolute atomic E-state index is 0.0319. The first-order valence-electron chi connectivity index (χ1n) is 11.0. The Balaban J connectivity index is 1.68. The SMILES string of the molecule is C=C[C@H](O)[C@@H]1CC[C@H]1CN1CCCOc2cc(Cl)ccc2COc2ccc(S(N)(=O)=O)cc21. The van der Waals surface area contributed by atoms with Crippen molar-refractivity contribution in [2.45, 2.75) is 36.9 Å². The van der Waals surface area contributed by atoms with Gasteiger partial charge in [0.15, 0.2) is 0 Å². The Morgan fingerprint density at radius 3 is 2.73 bits per heavy atom. The molecule has 0 unspecified atom stereocenters. The van der Waals surface area contributed by atoms with Crippen molar-refractivity contribution in [3.05, 3.63) is 59.6 Å². The van der Waals surface area contributed by atoms with Gasteiger partial charge in [0.1, 0.15) is 18.1 Å². The quantitative estimate of drug-likeness (QED) is 0.616. The van der Waals surface area contributed by atoms with Crippen molar-refractivity contribution in [2.24, 2.45) is 17.0 Å². The number of primary sulfonamides is 1. The number of benzene rings is 2. The molecule has 0 bridgehead atoms. The summed E-state index contributed by atoms with van der Waals surface area (Å²) in [5.74, 6) is 1.62. The average molecular weight is 493 g/mol. The van der Waals surface area contributed by atoms with Gasteiger partial charge in [-0.1, -0.05) is 23.7 Å². The lowest BCUT2D eigenvalue weighted by atomic mass is 9.70. The molecule has 7 nitrogen and oxygen atoms in total. The van der Waals surface area contributed by atoms with Gasteiger partial charge in [0.2, 0.25) is 10.0 Å². The summed E-state index contributed by atoms with van der Waals surface area (Å²) in [6, 6.07) is 10.1. The van der Waals surface area contributed by atoms with Gasteiger partial charge in [0.25, 0.3) is 0 Å². The van der Waals surface area contributed by atoms with Gasteiger partial charge in [-0.05, 0) is 61.4 Å². The maximum Gasteiger partial charge on any atom is 0.238 e. The average Bonchev–Trinajstić information content (AvgIpc) is 2.79. The van der Waals surface area contributed by atoms with E-state index < -0.39 is 16.1 Å². The third-order valence-corrected chi connectivity index (χ3v) is 7.60. The maximum atomic E-state index is 12.1. The Hall–Kier alpha value is -2.26. The molecular weight excluding hydrogens is 464 g/mol. The van der Waals surface area contributed by atoms with Crippen LogP contribution in [0.5, 0.6) is 11.5 Å². The van der Waals surface area contributed by atoms with Crippen molar-refractivity contribution in [1.82, 2.24) is 0 Å². The van der Waals surface area contributed by atoms with Crippen LogP contribution >= 0.6 is 11.6 Å². The molecule has 0 amide bonds. The number of anilines is 1. The number of ether oxygens (including phenoxy) is 2. The summed E-state index contributed by atoms with van der Waals surface area (Å²) >= 11 is 6.15. The van der Waals surface area contributed by atoms with Crippen LogP contribution in [0.2, 0.25) is 5.02 Å². The minimum Gasteiger partial charge on any atom is -0.493 e. The van der Waals surface area contributed by atoms with Crippen LogP contribution in [0.25, 0.3) is 0 Å². The van der Waals surface area contributed by atoms with E-state index in [0.29, 0.717) is 48.3 Å². The molecule has 9 heteroatoms. The molecule has 0 radical (unpaired) electrons. The topological polar surface area (TPSA) is 102 Å². The molecule has 1 fully saturated rings. The second kappa shape index (κ2) is 9.93. The monoisotopic (exact) mass is 492 g/mol. The minimum atomic E-state index is -3.88. The highest BCUT2D eigenvalue weighted by atomic mass is 35.5. The molecule has 3 atom stereocenters. The predicted molar refractivity (Wildman–Crippen MR) is 128 cm³/mol. The van der Waals surface area contributed by atoms with Gasteiger partial charge in [-0.3, -0.25) is 0 Å². The molecule has 1 aliphatic heterocycles. The standard InChI is InChI=1S/C24H29ClN2O5S/c1-2-22(28)20-8-5-16(20)14-27-10-3-11-31-24-12-18(25)6-4-17(24)15-32-23-9-7-19(13-21(23)27)33(26,29)30/h2,4,6-7,9,12-13,16,20,22,28H,1,3,5,8,10-11,14-15H2,(H2,26,29,30)/t16-,20+,22-/m0/s1. The predicted octanol–water partition coefficient (Wildman–Crippen LogP) is 3.73. The zero-order valence-electron chi connectivity index (χ0n) is 18.3.